The summed E-state index contributed by atoms with van der Waals surface area (Å²) < 4.78 is 10.5. The Kier molecular flexibility index (Phi) is 5.56. The molecule has 1 unspecified atom stereocenters. The van der Waals surface area contributed by atoms with E-state index in [-0.39, 0.29) is 5.91 Å². The Hall–Kier alpha value is -1.39. The van der Waals surface area contributed by atoms with E-state index in [1.54, 1.807) is 7.11 Å². The smallest absolute Gasteiger partial charge is 0.253 e. The zero-order chi connectivity index (χ0) is 14.4. The number of carbonyl (C=O) groups excluding carboxylic acids is 1. The van der Waals surface area contributed by atoms with Gasteiger partial charge in [0.2, 0.25) is 0 Å². The Bertz CT molecular complexity index is 447. The first-order chi connectivity index (χ1) is 9.70. The van der Waals surface area contributed by atoms with Gasteiger partial charge >= 0.3 is 0 Å². The molecule has 4 nitrogen and oxygen atoms in total. The molecule has 0 radical (unpaired) electrons. The fourth-order valence-electron chi connectivity index (χ4n) is 2.51. The van der Waals surface area contributed by atoms with Crippen molar-refractivity contribution in [2.45, 2.75) is 13.3 Å². The molecule has 1 heterocycles. The van der Waals surface area contributed by atoms with Crippen molar-refractivity contribution in [2.75, 3.05) is 40.0 Å². The highest BCUT2D eigenvalue weighted by Crippen LogP contribution is 2.19. The van der Waals surface area contributed by atoms with Crippen molar-refractivity contribution < 1.29 is 14.3 Å². The van der Waals surface area contributed by atoms with Crippen molar-refractivity contribution in [3.05, 3.63) is 35.4 Å². The quantitative estimate of drug-likeness (QED) is 0.748. The molecule has 1 aromatic rings. The van der Waals surface area contributed by atoms with Crippen molar-refractivity contribution in [3.8, 4) is 0 Å². The number of hydrogen-bond acceptors (Lipinski definition) is 3. The van der Waals surface area contributed by atoms with Gasteiger partial charge in [0, 0.05) is 31.7 Å². The van der Waals surface area contributed by atoms with Crippen LogP contribution in [0.4, 0.5) is 0 Å². The molecule has 110 valence electrons. The predicted molar refractivity (Wildman–Crippen MR) is 77.9 cm³/mol. The number of ether oxygens (including phenoxy) is 2. The number of hydrogen-bond donors (Lipinski definition) is 0. The van der Waals surface area contributed by atoms with Crippen molar-refractivity contribution >= 4 is 5.91 Å². The van der Waals surface area contributed by atoms with Gasteiger partial charge in [0.15, 0.2) is 0 Å². The standard InChI is InChI=1S/C16H23NO3/c1-13-4-3-5-15(10-13)16(18)17-7-6-14(11-17)12-20-9-8-19-2/h3-5,10,14H,6-9,11-12H2,1-2H3. The molecule has 1 aliphatic heterocycles. The summed E-state index contributed by atoms with van der Waals surface area (Å²) in [5, 5.41) is 0. The fourth-order valence-corrected chi connectivity index (χ4v) is 2.51. The van der Waals surface area contributed by atoms with Crippen LogP contribution in [0.1, 0.15) is 22.3 Å². The highest BCUT2D eigenvalue weighted by atomic mass is 16.5. The maximum Gasteiger partial charge on any atom is 0.253 e. The Morgan fingerprint density at radius 3 is 3.00 bits per heavy atom. The minimum atomic E-state index is 0.132. The van der Waals surface area contributed by atoms with Gasteiger partial charge in [0.1, 0.15) is 0 Å². The Labute approximate surface area is 120 Å². The SMILES string of the molecule is COCCOCC1CCN(C(=O)c2cccc(C)c2)C1. The number of methoxy groups -OCH3 is 1. The molecule has 4 heteroatoms. The molecular formula is C16H23NO3. The minimum Gasteiger partial charge on any atom is -0.382 e. The molecule has 1 fully saturated rings. The molecule has 0 aliphatic carbocycles. The van der Waals surface area contributed by atoms with Gasteiger partial charge in [0.25, 0.3) is 5.91 Å². The molecule has 0 bridgehead atoms. The second-order valence-electron chi connectivity index (χ2n) is 5.34. The van der Waals surface area contributed by atoms with Gasteiger partial charge in [-0.2, -0.15) is 0 Å². The van der Waals surface area contributed by atoms with Crippen molar-refractivity contribution in [1.29, 1.82) is 0 Å². The van der Waals surface area contributed by atoms with Crippen LogP contribution in [0, 0.1) is 12.8 Å². The number of rotatable bonds is 6. The van der Waals surface area contributed by atoms with Crippen LogP contribution in [-0.2, 0) is 9.47 Å². The molecule has 0 aromatic heterocycles. The van der Waals surface area contributed by atoms with Crippen LogP contribution in [0.2, 0.25) is 0 Å². The van der Waals surface area contributed by atoms with Gasteiger partial charge in [-0.25, -0.2) is 0 Å². The van der Waals surface area contributed by atoms with Gasteiger partial charge in [-0.05, 0) is 25.5 Å². The third-order valence-electron chi connectivity index (χ3n) is 3.62. The maximum absolute atomic E-state index is 12.4. The summed E-state index contributed by atoms with van der Waals surface area (Å²) >= 11 is 0. The van der Waals surface area contributed by atoms with E-state index in [9.17, 15) is 4.79 Å². The summed E-state index contributed by atoms with van der Waals surface area (Å²) in [4.78, 5) is 14.3. The fraction of sp³-hybridized carbons (Fsp3) is 0.562. The van der Waals surface area contributed by atoms with E-state index >= 15 is 0 Å². The van der Waals surface area contributed by atoms with E-state index in [0.29, 0.717) is 25.7 Å². The summed E-state index contributed by atoms with van der Waals surface area (Å²) in [5.41, 5.74) is 1.90. The second-order valence-corrected chi connectivity index (χ2v) is 5.34. The zero-order valence-corrected chi connectivity index (χ0v) is 12.3. The lowest BCUT2D eigenvalue weighted by Gasteiger charge is -2.17. The lowest BCUT2D eigenvalue weighted by atomic mass is 10.1. The number of aryl methyl sites for hydroxylation is 1. The molecule has 1 aliphatic rings. The van der Waals surface area contributed by atoms with E-state index in [1.807, 2.05) is 36.1 Å². The van der Waals surface area contributed by atoms with Crippen molar-refractivity contribution in [3.63, 3.8) is 0 Å². The van der Waals surface area contributed by atoms with Crippen LogP contribution >= 0.6 is 0 Å². The lowest BCUT2D eigenvalue weighted by Crippen LogP contribution is -2.29. The average molecular weight is 277 g/mol. The maximum atomic E-state index is 12.4. The van der Waals surface area contributed by atoms with E-state index in [1.165, 1.54) is 0 Å². The zero-order valence-electron chi connectivity index (χ0n) is 12.3. The molecule has 0 N–H and O–H groups in total. The van der Waals surface area contributed by atoms with Gasteiger partial charge in [-0.15, -0.1) is 0 Å². The number of benzene rings is 1. The highest BCUT2D eigenvalue weighted by Gasteiger charge is 2.26. The lowest BCUT2D eigenvalue weighted by molar-refractivity contribution is 0.0515. The largest absolute Gasteiger partial charge is 0.382 e. The average Bonchev–Trinajstić information content (AvgIpc) is 2.91. The second kappa shape index (κ2) is 7.41. The topological polar surface area (TPSA) is 38.8 Å². The molecule has 1 amide bonds. The summed E-state index contributed by atoms with van der Waals surface area (Å²) in [6.07, 6.45) is 1.02. The molecule has 20 heavy (non-hydrogen) atoms. The van der Waals surface area contributed by atoms with Crippen molar-refractivity contribution in [1.82, 2.24) is 4.90 Å². The van der Waals surface area contributed by atoms with Crippen LogP contribution < -0.4 is 0 Å². The molecule has 1 aromatic carbocycles. The first-order valence-corrected chi connectivity index (χ1v) is 7.13. The van der Waals surface area contributed by atoms with Crippen molar-refractivity contribution in [2.24, 2.45) is 5.92 Å². The molecule has 1 saturated heterocycles. The Balaban J connectivity index is 1.81. The van der Waals surface area contributed by atoms with Crippen LogP contribution in [0.25, 0.3) is 0 Å². The number of nitrogens with zero attached hydrogens (tertiary/aromatic N) is 1. The first-order valence-electron chi connectivity index (χ1n) is 7.13. The van der Waals surface area contributed by atoms with Gasteiger partial charge in [0.05, 0.1) is 19.8 Å². The van der Waals surface area contributed by atoms with E-state index < -0.39 is 0 Å². The molecular weight excluding hydrogens is 254 g/mol. The molecule has 1 atom stereocenters. The third-order valence-corrected chi connectivity index (χ3v) is 3.62. The van der Waals surface area contributed by atoms with E-state index in [4.69, 9.17) is 9.47 Å². The number of likely N-dealkylation sites (tertiary alicyclic amines) is 1. The Morgan fingerprint density at radius 1 is 1.40 bits per heavy atom. The van der Waals surface area contributed by atoms with E-state index in [0.717, 1.165) is 30.6 Å². The summed E-state index contributed by atoms with van der Waals surface area (Å²) in [6, 6.07) is 7.78. The van der Waals surface area contributed by atoms with Crippen LogP contribution in [0.3, 0.4) is 0 Å². The minimum absolute atomic E-state index is 0.132. The Morgan fingerprint density at radius 2 is 2.25 bits per heavy atom. The highest BCUT2D eigenvalue weighted by molar-refractivity contribution is 5.94. The summed E-state index contributed by atoms with van der Waals surface area (Å²) in [5.74, 6) is 0.578. The summed E-state index contributed by atoms with van der Waals surface area (Å²) in [7, 11) is 1.67. The number of carbonyl (C=O) groups is 1. The van der Waals surface area contributed by atoms with E-state index in [2.05, 4.69) is 0 Å². The normalized spacial score (nSPS) is 18.5. The van der Waals surface area contributed by atoms with Gasteiger partial charge < -0.3 is 14.4 Å². The molecule has 2 rings (SSSR count). The summed E-state index contributed by atoms with van der Waals surface area (Å²) in [6.45, 7) is 5.58. The van der Waals surface area contributed by atoms with Gasteiger partial charge in [-0.1, -0.05) is 17.7 Å². The number of amides is 1. The monoisotopic (exact) mass is 277 g/mol. The molecule has 0 saturated carbocycles. The van der Waals surface area contributed by atoms with Crippen LogP contribution in [-0.4, -0.2) is 50.8 Å². The van der Waals surface area contributed by atoms with Crippen LogP contribution in [0.15, 0.2) is 24.3 Å². The first kappa shape index (κ1) is 15.0. The molecule has 0 spiro atoms. The van der Waals surface area contributed by atoms with Gasteiger partial charge in [-0.3, -0.25) is 4.79 Å². The predicted octanol–water partition coefficient (Wildman–Crippen LogP) is 2.12. The van der Waals surface area contributed by atoms with Crippen LogP contribution in [0.5, 0.6) is 0 Å². The third kappa shape index (κ3) is 4.05.